The number of methoxy groups -OCH3 is 1. The fourth-order valence-electron chi connectivity index (χ4n) is 1.09. The third kappa shape index (κ3) is 1.74. The van der Waals surface area contributed by atoms with E-state index < -0.39 is 10.0 Å². The van der Waals surface area contributed by atoms with E-state index in [2.05, 4.69) is 0 Å². The summed E-state index contributed by atoms with van der Waals surface area (Å²) >= 11 is 5.27. The first-order valence-electron chi connectivity index (χ1n) is 3.52. The summed E-state index contributed by atoms with van der Waals surface area (Å²) < 4.78 is 28.7. The molecule has 0 radical (unpaired) electrons. The van der Waals surface area contributed by atoms with Gasteiger partial charge in [-0.25, -0.2) is 8.42 Å². The molecule has 1 aliphatic rings. The van der Waals surface area contributed by atoms with E-state index in [1.54, 1.807) is 7.11 Å². The van der Waals surface area contributed by atoms with Crippen LogP contribution in [0.5, 0.6) is 0 Å². The van der Waals surface area contributed by atoms with Crippen molar-refractivity contribution in [1.82, 2.24) is 4.31 Å². The Labute approximate surface area is 77.5 Å². The normalized spacial score (nSPS) is 23.6. The molecule has 0 aliphatic carbocycles. The molecular weight excluding hydrogens is 202 g/mol. The molecule has 1 fully saturated rings. The van der Waals surface area contributed by atoms with Gasteiger partial charge in [0.05, 0.1) is 5.60 Å². The van der Waals surface area contributed by atoms with Crippen LogP contribution in [0.2, 0.25) is 0 Å². The van der Waals surface area contributed by atoms with Crippen molar-refractivity contribution in [2.75, 3.05) is 25.4 Å². The average molecular weight is 214 g/mol. The van der Waals surface area contributed by atoms with E-state index >= 15 is 0 Å². The second-order valence-electron chi connectivity index (χ2n) is 3.14. The zero-order valence-electron chi connectivity index (χ0n) is 7.08. The van der Waals surface area contributed by atoms with Crippen LogP contribution in [0.1, 0.15) is 6.92 Å². The smallest absolute Gasteiger partial charge is 0.228 e. The van der Waals surface area contributed by atoms with Crippen LogP contribution in [0, 0.1) is 0 Å². The molecule has 0 unspecified atom stereocenters. The van der Waals surface area contributed by atoms with Crippen LogP contribution in [0.15, 0.2) is 0 Å². The molecule has 0 aromatic heterocycles. The number of alkyl halides is 1. The lowest BCUT2D eigenvalue weighted by Gasteiger charge is -2.45. The summed E-state index contributed by atoms with van der Waals surface area (Å²) in [5, 5.41) is -0.354. The third-order valence-electron chi connectivity index (χ3n) is 2.05. The number of hydrogen-bond donors (Lipinski definition) is 0. The molecule has 0 spiro atoms. The first-order valence-corrected chi connectivity index (χ1v) is 5.67. The molecule has 6 heteroatoms. The van der Waals surface area contributed by atoms with Crippen molar-refractivity contribution in [1.29, 1.82) is 0 Å². The van der Waals surface area contributed by atoms with E-state index in [1.807, 2.05) is 6.92 Å². The number of ether oxygens (including phenoxy) is 1. The summed E-state index contributed by atoms with van der Waals surface area (Å²) in [7, 11) is -1.65. The predicted molar refractivity (Wildman–Crippen MR) is 46.6 cm³/mol. The molecule has 0 aromatic carbocycles. The van der Waals surface area contributed by atoms with Crippen molar-refractivity contribution in [2.24, 2.45) is 0 Å². The predicted octanol–water partition coefficient (Wildman–Crippen LogP) is 0.233. The highest BCUT2D eigenvalue weighted by molar-refractivity contribution is 7.90. The molecule has 72 valence electrons. The highest BCUT2D eigenvalue weighted by atomic mass is 35.5. The van der Waals surface area contributed by atoms with Gasteiger partial charge in [-0.2, -0.15) is 4.31 Å². The Bertz CT molecular complexity index is 258. The first-order chi connectivity index (χ1) is 5.43. The molecule has 0 aromatic rings. The summed E-state index contributed by atoms with van der Waals surface area (Å²) in [5.74, 6) is 0. The van der Waals surface area contributed by atoms with E-state index in [0.717, 1.165) is 0 Å². The molecule has 1 heterocycles. The van der Waals surface area contributed by atoms with E-state index in [0.29, 0.717) is 13.1 Å². The van der Waals surface area contributed by atoms with Crippen LogP contribution in [0.3, 0.4) is 0 Å². The Balaban J connectivity index is 2.56. The number of nitrogens with zero attached hydrogens (tertiary/aromatic N) is 1. The van der Waals surface area contributed by atoms with Gasteiger partial charge in [-0.15, -0.1) is 11.6 Å². The van der Waals surface area contributed by atoms with Gasteiger partial charge in [-0.3, -0.25) is 0 Å². The van der Waals surface area contributed by atoms with Crippen LogP contribution >= 0.6 is 11.6 Å². The maximum absolute atomic E-state index is 11.1. The Morgan fingerprint density at radius 1 is 1.58 bits per heavy atom. The van der Waals surface area contributed by atoms with E-state index in [1.165, 1.54) is 4.31 Å². The fraction of sp³-hybridized carbons (Fsp3) is 1.00. The zero-order chi connectivity index (χ0) is 9.41. The lowest BCUT2D eigenvalue weighted by atomic mass is 10.0. The number of sulfonamides is 1. The summed E-state index contributed by atoms with van der Waals surface area (Å²) in [5.41, 5.74) is -0.320. The standard InChI is InChI=1S/C6H12ClNO3S/c1-6(11-2)3-8(4-6)12(9,10)5-7/h3-5H2,1-2H3. The molecule has 1 aliphatic heterocycles. The maximum Gasteiger partial charge on any atom is 0.228 e. The van der Waals surface area contributed by atoms with Gasteiger partial charge in [0.25, 0.3) is 0 Å². The third-order valence-corrected chi connectivity index (χ3v) is 4.19. The van der Waals surface area contributed by atoms with Crippen molar-refractivity contribution in [3.05, 3.63) is 0 Å². The van der Waals surface area contributed by atoms with Crippen LogP contribution in [-0.2, 0) is 14.8 Å². The highest BCUT2D eigenvalue weighted by Gasteiger charge is 2.44. The van der Waals surface area contributed by atoms with Gasteiger partial charge < -0.3 is 4.74 Å². The van der Waals surface area contributed by atoms with E-state index in [4.69, 9.17) is 16.3 Å². The van der Waals surface area contributed by atoms with Crippen LogP contribution < -0.4 is 0 Å². The van der Waals surface area contributed by atoms with Gasteiger partial charge >= 0.3 is 0 Å². The number of hydrogen-bond acceptors (Lipinski definition) is 3. The first kappa shape index (κ1) is 10.2. The molecule has 1 rings (SSSR count). The minimum absolute atomic E-state index is 0.320. The molecule has 0 saturated carbocycles. The molecule has 0 bridgehead atoms. The number of halogens is 1. The van der Waals surface area contributed by atoms with E-state index in [-0.39, 0.29) is 10.8 Å². The molecule has 0 atom stereocenters. The van der Waals surface area contributed by atoms with Crippen molar-refractivity contribution in [3.8, 4) is 0 Å². The number of rotatable bonds is 3. The molecule has 0 amide bonds. The Hall–Kier alpha value is 0.160. The van der Waals surface area contributed by atoms with Gasteiger partial charge in [-0.05, 0) is 6.92 Å². The molecule has 12 heavy (non-hydrogen) atoms. The lowest BCUT2D eigenvalue weighted by molar-refractivity contribution is -0.0766. The maximum atomic E-state index is 11.1. The van der Waals surface area contributed by atoms with Crippen molar-refractivity contribution in [3.63, 3.8) is 0 Å². The molecule has 1 saturated heterocycles. The van der Waals surface area contributed by atoms with Crippen LogP contribution in [0.4, 0.5) is 0 Å². The molecule has 4 nitrogen and oxygen atoms in total. The highest BCUT2D eigenvalue weighted by Crippen LogP contribution is 2.26. The van der Waals surface area contributed by atoms with Crippen LogP contribution in [-0.4, -0.2) is 43.7 Å². The topological polar surface area (TPSA) is 46.6 Å². The summed E-state index contributed by atoms with van der Waals surface area (Å²) in [4.78, 5) is 0. The van der Waals surface area contributed by atoms with Gasteiger partial charge in [-0.1, -0.05) is 0 Å². The molecule has 0 N–H and O–H groups in total. The Morgan fingerprint density at radius 3 is 2.42 bits per heavy atom. The van der Waals surface area contributed by atoms with Crippen LogP contribution in [0.25, 0.3) is 0 Å². The Morgan fingerprint density at radius 2 is 2.08 bits per heavy atom. The molecular formula is C6H12ClNO3S. The fourth-order valence-corrected chi connectivity index (χ4v) is 2.59. The monoisotopic (exact) mass is 213 g/mol. The van der Waals surface area contributed by atoms with Crippen molar-refractivity contribution >= 4 is 21.6 Å². The SMILES string of the molecule is COC1(C)CN(S(=O)(=O)CCl)C1. The average Bonchev–Trinajstić information content (AvgIpc) is 1.98. The minimum atomic E-state index is -3.22. The van der Waals surface area contributed by atoms with Gasteiger partial charge in [0.2, 0.25) is 10.0 Å². The second-order valence-corrected chi connectivity index (χ2v) is 5.70. The summed E-state index contributed by atoms with van der Waals surface area (Å²) in [6, 6.07) is 0. The zero-order valence-corrected chi connectivity index (χ0v) is 8.65. The van der Waals surface area contributed by atoms with Gasteiger partial charge in [0, 0.05) is 20.2 Å². The van der Waals surface area contributed by atoms with E-state index in [9.17, 15) is 8.42 Å². The quantitative estimate of drug-likeness (QED) is 0.631. The lowest BCUT2D eigenvalue weighted by Crippen LogP contribution is -2.62. The van der Waals surface area contributed by atoms with Gasteiger partial charge in [0.15, 0.2) is 0 Å². The summed E-state index contributed by atoms with van der Waals surface area (Å²) in [6.07, 6.45) is 0. The largest absolute Gasteiger partial charge is 0.376 e. The Kier molecular flexibility index (Phi) is 2.68. The minimum Gasteiger partial charge on any atom is -0.376 e. The summed E-state index contributed by atoms with van der Waals surface area (Å²) in [6.45, 7) is 2.67. The second kappa shape index (κ2) is 3.14. The van der Waals surface area contributed by atoms with Gasteiger partial charge in [0.1, 0.15) is 5.21 Å². The van der Waals surface area contributed by atoms with Crippen molar-refractivity contribution < 1.29 is 13.2 Å². The van der Waals surface area contributed by atoms with Crippen molar-refractivity contribution in [2.45, 2.75) is 12.5 Å².